The molecule has 2 aromatic rings. The number of aryl methyl sites for hydroxylation is 1. The molecule has 0 amide bonds. The minimum Gasteiger partial charge on any atom is -0.492 e. The lowest BCUT2D eigenvalue weighted by Gasteiger charge is -2.00. The highest BCUT2D eigenvalue weighted by molar-refractivity contribution is 14.1. The van der Waals surface area contributed by atoms with E-state index in [4.69, 9.17) is 0 Å². The van der Waals surface area contributed by atoms with E-state index in [1.54, 1.807) is 33.9 Å². The summed E-state index contributed by atoms with van der Waals surface area (Å²) in [7, 11) is 0. The highest BCUT2D eigenvalue weighted by Gasteiger charge is 2.09. The van der Waals surface area contributed by atoms with Gasteiger partial charge in [-0.25, -0.2) is 4.98 Å². The zero-order valence-corrected chi connectivity index (χ0v) is 11.3. The van der Waals surface area contributed by atoms with Crippen LogP contribution in [0.4, 0.5) is 0 Å². The highest BCUT2D eigenvalue weighted by Crippen LogP contribution is 2.14. The molecule has 0 unspecified atom stereocenters. The molecule has 84 valence electrons. The van der Waals surface area contributed by atoms with Crippen LogP contribution in [0, 0.1) is 10.5 Å². The molecule has 2 rings (SSSR count). The second-order valence-electron chi connectivity index (χ2n) is 3.18. The van der Waals surface area contributed by atoms with Crippen LogP contribution >= 0.6 is 33.9 Å². The minimum absolute atomic E-state index is 0.204. The first-order valence-corrected chi connectivity index (χ1v) is 6.41. The first-order chi connectivity index (χ1) is 7.56. The van der Waals surface area contributed by atoms with Gasteiger partial charge in [0.15, 0.2) is 0 Å². The van der Waals surface area contributed by atoms with Gasteiger partial charge in [-0.3, -0.25) is 4.79 Å². The van der Waals surface area contributed by atoms with E-state index < -0.39 is 0 Å². The quantitative estimate of drug-likeness (QED) is 0.805. The number of rotatable bonds is 2. The second-order valence-corrected chi connectivity index (χ2v) is 5.33. The zero-order chi connectivity index (χ0) is 11.7. The van der Waals surface area contributed by atoms with Crippen LogP contribution in [0.1, 0.15) is 16.5 Å². The molecule has 0 aliphatic carbocycles. The van der Waals surface area contributed by atoms with E-state index in [1.807, 2.05) is 12.3 Å². The van der Waals surface area contributed by atoms with Crippen molar-refractivity contribution < 1.29 is 5.11 Å². The van der Waals surface area contributed by atoms with Gasteiger partial charge in [-0.2, -0.15) is 4.98 Å². The van der Waals surface area contributed by atoms with Crippen molar-refractivity contribution in [3.8, 4) is 5.88 Å². The number of aromatic hydroxyl groups is 1. The monoisotopic (exact) mass is 349 g/mol. The topological polar surface area (TPSA) is 78.9 Å². The van der Waals surface area contributed by atoms with Crippen LogP contribution in [0.5, 0.6) is 5.88 Å². The predicted octanol–water partition coefficient (Wildman–Crippen LogP) is 1.44. The molecule has 2 N–H and O–H groups in total. The van der Waals surface area contributed by atoms with Crippen molar-refractivity contribution in [2.75, 3.05) is 0 Å². The van der Waals surface area contributed by atoms with Gasteiger partial charge in [0.25, 0.3) is 5.56 Å². The predicted molar refractivity (Wildman–Crippen MR) is 68.9 cm³/mol. The van der Waals surface area contributed by atoms with Crippen LogP contribution in [0.3, 0.4) is 0 Å². The molecule has 0 saturated carbocycles. The summed E-state index contributed by atoms with van der Waals surface area (Å²) in [5.41, 5.74) is 0.515. The summed E-state index contributed by atoms with van der Waals surface area (Å²) in [4.78, 5) is 22.1. The van der Waals surface area contributed by atoms with Crippen molar-refractivity contribution >= 4 is 33.9 Å². The van der Waals surface area contributed by atoms with Gasteiger partial charge in [-0.05, 0) is 29.5 Å². The highest BCUT2D eigenvalue weighted by atomic mass is 127. The Balaban J connectivity index is 2.32. The first-order valence-electron chi connectivity index (χ1n) is 4.45. The number of nitrogens with one attached hydrogen (secondary N) is 1. The number of halogens is 1. The maximum Gasteiger partial charge on any atom is 0.268 e. The van der Waals surface area contributed by atoms with E-state index in [1.165, 1.54) is 0 Å². The Hall–Kier alpha value is -0.960. The van der Waals surface area contributed by atoms with Crippen molar-refractivity contribution in [1.29, 1.82) is 0 Å². The van der Waals surface area contributed by atoms with Gasteiger partial charge < -0.3 is 10.1 Å². The average molecular weight is 349 g/mol. The molecule has 0 saturated heterocycles. The molecule has 16 heavy (non-hydrogen) atoms. The third kappa shape index (κ3) is 2.40. The number of aromatic nitrogens is 3. The van der Waals surface area contributed by atoms with Crippen LogP contribution in [0.2, 0.25) is 0 Å². The van der Waals surface area contributed by atoms with Crippen molar-refractivity contribution in [2.45, 2.75) is 13.3 Å². The van der Waals surface area contributed by atoms with E-state index in [-0.39, 0.29) is 15.0 Å². The molecule has 0 atom stereocenters. The molecule has 0 aliphatic rings. The molecule has 5 nitrogen and oxygen atoms in total. The van der Waals surface area contributed by atoms with Crippen LogP contribution in [0.15, 0.2) is 10.2 Å². The molecule has 2 aromatic heterocycles. The van der Waals surface area contributed by atoms with E-state index in [0.717, 1.165) is 10.7 Å². The third-order valence-electron chi connectivity index (χ3n) is 1.91. The SMILES string of the molecule is Cc1nc(Cc2nc(O)c(I)c(=O)[nH]2)cs1. The fraction of sp³-hybridized carbons (Fsp3) is 0.222. The summed E-state index contributed by atoms with van der Waals surface area (Å²) in [6, 6.07) is 0. The van der Waals surface area contributed by atoms with Crippen LogP contribution in [0.25, 0.3) is 0 Å². The van der Waals surface area contributed by atoms with Gasteiger partial charge >= 0.3 is 0 Å². The fourth-order valence-electron chi connectivity index (χ4n) is 1.24. The van der Waals surface area contributed by atoms with E-state index >= 15 is 0 Å². The average Bonchev–Trinajstić information content (AvgIpc) is 2.60. The Morgan fingerprint density at radius 3 is 2.88 bits per heavy atom. The molecule has 2 heterocycles. The van der Waals surface area contributed by atoms with Gasteiger partial charge in [0.1, 0.15) is 9.39 Å². The number of hydrogen-bond acceptors (Lipinski definition) is 5. The van der Waals surface area contributed by atoms with Gasteiger partial charge in [-0.15, -0.1) is 11.3 Å². The molecule has 0 radical (unpaired) electrons. The largest absolute Gasteiger partial charge is 0.492 e. The van der Waals surface area contributed by atoms with Gasteiger partial charge in [0.05, 0.1) is 10.7 Å². The molecule has 0 aromatic carbocycles. The van der Waals surface area contributed by atoms with Crippen LogP contribution < -0.4 is 5.56 Å². The van der Waals surface area contributed by atoms with E-state index in [9.17, 15) is 9.90 Å². The lowest BCUT2D eigenvalue weighted by Crippen LogP contribution is -2.14. The lowest BCUT2D eigenvalue weighted by atomic mass is 10.3. The summed E-state index contributed by atoms with van der Waals surface area (Å²) in [5, 5.41) is 12.3. The molecular weight excluding hydrogens is 341 g/mol. The maximum atomic E-state index is 11.4. The Labute approximate surface area is 109 Å². The number of nitrogens with zero attached hydrogens (tertiary/aromatic N) is 2. The summed E-state index contributed by atoms with van der Waals surface area (Å²) in [5.74, 6) is 0.194. The van der Waals surface area contributed by atoms with Crippen molar-refractivity contribution in [1.82, 2.24) is 15.0 Å². The molecule has 0 aliphatic heterocycles. The Kier molecular flexibility index (Phi) is 3.24. The standard InChI is InChI=1S/C9H8IN3O2S/c1-4-11-5(3-16-4)2-6-12-8(14)7(10)9(15)13-6/h3H,2H2,1H3,(H2,12,13,14,15). The maximum absolute atomic E-state index is 11.4. The van der Waals surface area contributed by atoms with Crippen LogP contribution in [-0.2, 0) is 6.42 Å². The summed E-state index contributed by atoms with van der Waals surface area (Å²) in [6.07, 6.45) is 0.421. The molecule has 0 bridgehead atoms. The molecular formula is C9H8IN3O2S. The smallest absolute Gasteiger partial charge is 0.268 e. The lowest BCUT2D eigenvalue weighted by molar-refractivity contribution is 0.443. The van der Waals surface area contributed by atoms with E-state index in [0.29, 0.717) is 12.2 Å². The molecule has 7 heteroatoms. The van der Waals surface area contributed by atoms with Crippen molar-refractivity contribution in [3.05, 3.63) is 35.8 Å². The van der Waals surface area contributed by atoms with Gasteiger partial charge in [0.2, 0.25) is 5.88 Å². The van der Waals surface area contributed by atoms with Crippen LogP contribution in [-0.4, -0.2) is 20.1 Å². The zero-order valence-electron chi connectivity index (χ0n) is 8.32. The Morgan fingerprint density at radius 2 is 2.31 bits per heavy atom. The number of aromatic amines is 1. The number of hydrogen-bond donors (Lipinski definition) is 2. The molecule has 0 spiro atoms. The Morgan fingerprint density at radius 1 is 1.56 bits per heavy atom. The van der Waals surface area contributed by atoms with Gasteiger partial charge in [0, 0.05) is 11.8 Å². The Bertz CT molecular complexity index is 578. The first kappa shape index (κ1) is 11.5. The van der Waals surface area contributed by atoms with Crippen molar-refractivity contribution in [2.24, 2.45) is 0 Å². The van der Waals surface area contributed by atoms with Crippen molar-refractivity contribution in [3.63, 3.8) is 0 Å². The normalized spacial score (nSPS) is 10.6. The summed E-state index contributed by atoms with van der Waals surface area (Å²) < 4.78 is 0.204. The summed E-state index contributed by atoms with van der Waals surface area (Å²) >= 11 is 3.29. The third-order valence-corrected chi connectivity index (χ3v) is 3.70. The van der Waals surface area contributed by atoms with E-state index in [2.05, 4.69) is 15.0 Å². The second kappa shape index (κ2) is 4.50. The number of H-pyrrole nitrogens is 1. The minimum atomic E-state index is -0.324. The fourth-order valence-corrected chi connectivity index (χ4v) is 2.11. The number of thiazole rings is 1. The van der Waals surface area contributed by atoms with Gasteiger partial charge in [-0.1, -0.05) is 0 Å². The summed E-state index contributed by atoms with van der Waals surface area (Å²) in [6.45, 7) is 1.91. The molecule has 0 fully saturated rings.